The molecule has 0 aliphatic carbocycles. The third-order valence-corrected chi connectivity index (χ3v) is 3.98. The van der Waals surface area contributed by atoms with Gasteiger partial charge in [0, 0.05) is 0 Å². The molecular weight excluding hydrogens is 318 g/mol. The lowest BCUT2D eigenvalue weighted by molar-refractivity contribution is -0.141. The summed E-state index contributed by atoms with van der Waals surface area (Å²) in [7, 11) is 0. The maximum Gasteiger partial charge on any atom is 0.354 e. The van der Waals surface area contributed by atoms with Gasteiger partial charge in [-0.25, -0.2) is 9.59 Å². The van der Waals surface area contributed by atoms with Gasteiger partial charge in [0.25, 0.3) is 0 Å². The van der Waals surface area contributed by atoms with E-state index in [1.54, 1.807) is 0 Å². The lowest BCUT2D eigenvalue weighted by Gasteiger charge is -2.05. The first-order valence-electron chi connectivity index (χ1n) is 9.92. The van der Waals surface area contributed by atoms with E-state index in [0.717, 1.165) is 44.6 Å². The monoisotopic (exact) mass is 355 g/mol. The number of hydrogen-bond acceptors (Lipinski definition) is 5. The summed E-state index contributed by atoms with van der Waals surface area (Å²) < 4.78 is 10.1. The van der Waals surface area contributed by atoms with Crippen LogP contribution < -0.4 is 5.73 Å². The van der Waals surface area contributed by atoms with Crippen LogP contribution in [0.2, 0.25) is 0 Å². The molecular formula is C20H37NO4. The summed E-state index contributed by atoms with van der Waals surface area (Å²) in [4.78, 5) is 23.3. The van der Waals surface area contributed by atoms with Crippen LogP contribution in [-0.2, 0) is 19.1 Å². The van der Waals surface area contributed by atoms with Crippen molar-refractivity contribution in [2.45, 2.75) is 90.9 Å². The minimum Gasteiger partial charge on any atom is -0.462 e. The van der Waals surface area contributed by atoms with Crippen molar-refractivity contribution in [1.82, 2.24) is 0 Å². The normalized spacial score (nSPS) is 11.4. The van der Waals surface area contributed by atoms with Gasteiger partial charge in [-0.15, -0.1) is 0 Å². The summed E-state index contributed by atoms with van der Waals surface area (Å²) >= 11 is 0. The highest BCUT2D eigenvalue weighted by atomic mass is 16.5. The third kappa shape index (κ3) is 15.7. The molecule has 0 saturated heterocycles. The molecule has 5 nitrogen and oxygen atoms in total. The quantitative estimate of drug-likeness (QED) is 0.248. The number of nitrogens with two attached hydrogens (primary N) is 1. The molecule has 0 radical (unpaired) electrons. The van der Waals surface area contributed by atoms with E-state index in [1.165, 1.54) is 38.5 Å². The van der Waals surface area contributed by atoms with E-state index in [0.29, 0.717) is 13.2 Å². The molecule has 0 rings (SSSR count). The number of rotatable bonds is 16. The summed E-state index contributed by atoms with van der Waals surface area (Å²) in [6, 6.07) is 0. The fourth-order valence-corrected chi connectivity index (χ4v) is 2.41. The van der Waals surface area contributed by atoms with Gasteiger partial charge < -0.3 is 15.2 Å². The lowest BCUT2D eigenvalue weighted by Crippen LogP contribution is -2.18. The molecule has 0 heterocycles. The van der Waals surface area contributed by atoms with E-state index in [-0.39, 0.29) is 5.70 Å². The Balaban J connectivity index is 3.71. The van der Waals surface area contributed by atoms with E-state index in [4.69, 9.17) is 15.2 Å². The van der Waals surface area contributed by atoms with Crippen molar-refractivity contribution in [2.75, 3.05) is 13.2 Å². The van der Waals surface area contributed by atoms with Gasteiger partial charge in [-0.1, -0.05) is 78.1 Å². The van der Waals surface area contributed by atoms with E-state index >= 15 is 0 Å². The summed E-state index contributed by atoms with van der Waals surface area (Å²) in [6.45, 7) is 5.06. The van der Waals surface area contributed by atoms with Gasteiger partial charge in [0.2, 0.25) is 0 Å². The second kappa shape index (κ2) is 17.3. The van der Waals surface area contributed by atoms with E-state index in [2.05, 4.69) is 13.8 Å². The molecule has 0 unspecified atom stereocenters. The van der Waals surface area contributed by atoms with Gasteiger partial charge in [-0.3, -0.25) is 0 Å². The van der Waals surface area contributed by atoms with E-state index in [1.807, 2.05) is 0 Å². The smallest absolute Gasteiger partial charge is 0.354 e. The van der Waals surface area contributed by atoms with Crippen molar-refractivity contribution < 1.29 is 19.1 Å². The maximum absolute atomic E-state index is 11.7. The molecule has 0 bridgehead atoms. The predicted molar refractivity (Wildman–Crippen MR) is 101 cm³/mol. The van der Waals surface area contributed by atoms with Gasteiger partial charge in [0.1, 0.15) is 5.70 Å². The van der Waals surface area contributed by atoms with Crippen LogP contribution in [0.5, 0.6) is 0 Å². The van der Waals surface area contributed by atoms with Gasteiger partial charge in [-0.2, -0.15) is 0 Å². The summed E-state index contributed by atoms with van der Waals surface area (Å²) in [5, 5.41) is 0. The van der Waals surface area contributed by atoms with Crippen molar-refractivity contribution in [3.63, 3.8) is 0 Å². The molecule has 0 aromatic carbocycles. The van der Waals surface area contributed by atoms with Crippen LogP contribution in [-0.4, -0.2) is 25.2 Å². The number of carbonyl (C=O) groups excluding carboxylic acids is 2. The van der Waals surface area contributed by atoms with Gasteiger partial charge in [0.15, 0.2) is 0 Å². The molecule has 0 aliphatic heterocycles. The number of carbonyl (C=O) groups is 2. The molecule has 25 heavy (non-hydrogen) atoms. The number of esters is 2. The second-order valence-corrected chi connectivity index (χ2v) is 6.44. The summed E-state index contributed by atoms with van der Waals surface area (Å²) in [5.41, 5.74) is 5.37. The zero-order valence-electron chi connectivity index (χ0n) is 16.2. The van der Waals surface area contributed by atoms with Crippen molar-refractivity contribution in [3.05, 3.63) is 11.8 Å². The fourth-order valence-electron chi connectivity index (χ4n) is 2.41. The molecule has 0 aromatic heterocycles. The summed E-state index contributed by atoms with van der Waals surface area (Å²) in [5.74, 6) is -1.23. The largest absolute Gasteiger partial charge is 0.462 e. The van der Waals surface area contributed by atoms with Crippen LogP contribution in [0.15, 0.2) is 11.8 Å². The van der Waals surface area contributed by atoms with Crippen LogP contribution in [0.3, 0.4) is 0 Å². The van der Waals surface area contributed by atoms with Gasteiger partial charge >= 0.3 is 11.9 Å². The molecule has 146 valence electrons. The average molecular weight is 356 g/mol. The van der Waals surface area contributed by atoms with Crippen LogP contribution in [0, 0.1) is 0 Å². The highest BCUT2D eigenvalue weighted by Gasteiger charge is 2.09. The Labute approximate surface area is 153 Å². The minimum atomic E-state index is -0.648. The highest BCUT2D eigenvalue weighted by Crippen LogP contribution is 2.06. The average Bonchev–Trinajstić information content (AvgIpc) is 2.59. The molecule has 0 spiro atoms. The Kier molecular flexibility index (Phi) is 16.3. The van der Waals surface area contributed by atoms with Gasteiger partial charge in [-0.05, 0) is 12.8 Å². The number of unbranched alkanes of at least 4 members (excludes halogenated alkanes) is 10. The zero-order valence-corrected chi connectivity index (χ0v) is 16.2. The van der Waals surface area contributed by atoms with Crippen molar-refractivity contribution in [3.8, 4) is 0 Å². The number of ether oxygens (including phenoxy) is 2. The Morgan fingerprint density at radius 3 is 1.68 bits per heavy atom. The molecule has 0 saturated carbocycles. The van der Waals surface area contributed by atoms with Crippen LogP contribution in [0.1, 0.15) is 90.9 Å². The highest BCUT2D eigenvalue weighted by molar-refractivity contribution is 5.95. The molecule has 0 fully saturated rings. The first-order chi connectivity index (χ1) is 12.1. The Hall–Kier alpha value is -1.52. The first kappa shape index (κ1) is 23.5. The topological polar surface area (TPSA) is 78.6 Å². The maximum atomic E-state index is 11.7. The number of hydrogen-bond donors (Lipinski definition) is 1. The molecule has 5 heteroatoms. The molecule has 2 N–H and O–H groups in total. The Bertz CT molecular complexity index is 380. The van der Waals surface area contributed by atoms with Crippen LogP contribution >= 0.6 is 0 Å². The Morgan fingerprint density at radius 2 is 1.16 bits per heavy atom. The fraction of sp³-hybridized carbons (Fsp3) is 0.800. The first-order valence-corrected chi connectivity index (χ1v) is 9.92. The van der Waals surface area contributed by atoms with E-state index in [9.17, 15) is 9.59 Å². The standard InChI is InChI=1S/C20H37NO4/c1-3-5-7-9-11-13-15-24-19(22)17-18(21)20(23)25-16-14-12-10-8-6-4-2/h17H,3-16,21H2,1-2H3/b18-17+. The zero-order chi connectivity index (χ0) is 18.8. The minimum absolute atomic E-state index is 0.195. The molecule has 0 atom stereocenters. The molecule has 0 aliphatic rings. The van der Waals surface area contributed by atoms with Crippen molar-refractivity contribution >= 4 is 11.9 Å². The van der Waals surface area contributed by atoms with Gasteiger partial charge in [0.05, 0.1) is 19.3 Å². The summed E-state index contributed by atoms with van der Waals surface area (Å²) in [6.07, 6.45) is 14.4. The third-order valence-electron chi connectivity index (χ3n) is 3.98. The second-order valence-electron chi connectivity index (χ2n) is 6.44. The van der Waals surface area contributed by atoms with Crippen molar-refractivity contribution in [1.29, 1.82) is 0 Å². The molecule has 0 amide bonds. The predicted octanol–water partition coefficient (Wildman–Crippen LogP) is 4.64. The molecule has 0 aromatic rings. The van der Waals surface area contributed by atoms with E-state index < -0.39 is 11.9 Å². The van der Waals surface area contributed by atoms with Crippen LogP contribution in [0.4, 0.5) is 0 Å². The van der Waals surface area contributed by atoms with Crippen LogP contribution in [0.25, 0.3) is 0 Å². The Morgan fingerprint density at radius 1 is 0.720 bits per heavy atom. The lowest BCUT2D eigenvalue weighted by atomic mass is 10.1. The SMILES string of the molecule is CCCCCCCCOC(=O)/C=C(/N)C(=O)OCCCCCCCC. The van der Waals surface area contributed by atoms with Crippen molar-refractivity contribution in [2.24, 2.45) is 5.73 Å².